The van der Waals surface area contributed by atoms with E-state index in [9.17, 15) is 4.79 Å². The van der Waals surface area contributed by atoms with Gasteiger partial charge in [-0.3, -0.25) is 4.79 Å². The molecule has 0 spiro atoms. The molecule has 2 aromatic carbocycles. The summed E-state index contributed by atoms with van der Waals surface area (Å²) in [6.45, 7) is 6.96. The largest absolute Gasteiger partial charge is 0.488 e. The van der Waals surface area contributed by atoms with Crippen LogP contribution in [0, 0.1) is 0 Å². The third-order valence-corrected chi connectivity index (χ3v) is 3.37. The Morgan fingerprint density at radius 2 is 1.67 bits per heavy atom. The maximum Gasteiger partial charge on any atom is 0.252 e. The molecule has 0 saturated carbocycles. The Bertz CT molecular complexity index is 624. The van der Waals surface area contributed by atoms with E-state index in [1.807, 2.05) is 18.2 Å². The van der Waals surface area contributed by atoms with Crippen LogP contribution in [-0.2, 0) is 12.0 Å². The second-order valence-corrected chi connectivity index (χ2v) is 6.10. The second-order valence-electron chi connectivity index (χ2n) is 6.10. The molecule has 3 heteroatoms. The minimum atomic E-state index is -0.478. The molecular formula is C18H21NO2. The van der Waals surface area contributed by atoms with Gasteiger partial charge in [0, 0.05) is 0 Å². The lowest BCUT2D eigenvalue weighted by molar-refractivity contribution is 0.0996. The van der Waals surface area contributed by atoms with Crippen LogP contribution in [0.15, 0.2) is 48.5 Å². The number of hydrogen-bond donors (Lipinski definition) is 1. The van der Waals surface area contributed by atoms with Crippen LogP contribution in [0.1, 0.15) is 42.3 Å². The third kappa shape index (κ3) is 3.85. The standard InChI is InChI=1S/C18H21NO2/c1-18(2,3)14-10-8-13(9-11-14)12-21-16-7-5-4-6-15(16)17(19)20/h4-11H,12H2,1-3H3,(H2,19,20). The minimum Gasteiger partial charge on any atom is -0.488 e. The van der Waals surface area contributed by atoms with Crippen molar-refractivity contribution in [1.82, 2.24) is 0 Å². The Morgan fingerprint density at radius 1 is 1.05 bits per heavy atom. The summed E-state index contributed by atoms with van der Waals surface area (Å²) in [7, 11) is 0. The van der Waals surface area contributed by atoms with Gasteiger partial charge in [0.15, 0.2) is 0 Å². The maximum atomic E-state index is 11.3. The normalized spacial score (nSPS) is 11.2. The van der Waals surface area contributed by atoms with E-state index in [4.69, 9.17) is 10.5 Å². The fraction of sp³-hybridized carbons (Fsp3) is 0.278. The first kappa shape index (κ1) is 15.1. The summed E-state index contributed by atoms with van der Waals surface area (Å²) in [5.41, 5.74) is 8.21. The number of carbonyl (C=O) groups excluding carboxylic acids is 1. The van der Waals surface area contributed by atoms with Gasteiger partial charge in [-0.05, 0) is 28.7 Å². The molecule has 1 amide bonds. The van der Waals surface area contributed by atoms with E-state index in [1.54, 1.807) is 18.2 Å². The van der Waals surface area contributed by atoms with Crippen molar-refractivity contribution in [2.45, 2.75) is 32.8 Å². The van der Waals surface area contributed by atoms with E-state index in [2.05, 4.69) is 32.9 Å². The molecule has 0 atom stereocenters. The van der Waals surface area contributed by atoms with E-state index < -0.39 is 5.91 Å². The second kappa shape index (κ2) is 6.00. The lowest BCUT2D eigenvalue weighted by Crippen LogP contribution is -2.13. The van der Waals surface area contributed by atoms with Crippen LogP contribution in [0.25, 0.3) is 0 Å². The zero-order valence-corrected chi connectivity index (χ0v) is 12.7. The van der Waals surface area contributed by atoms with E-state index in [0.29, 0.717) is 17.9 Å². The highest BCUT2D eigenvalue weighted by molar-refractivity contribution is 5.95. The summed E-state index contributed by atoms with van der Waals surface area (Å²) in [6, 6.07) is 15.3. The lowest BCUT2D eigenvalue weighted by atomic mass is 9.87. The fourth-order valence-electron chi connectivity index (χ4n) is 2.06. The van der Waals surface area contributed by atoms with Crippen molar-refractivity contribution < 1.29 is 9.53 Å². The van der Waals surface area contributed by atoms with E-state index in [1.165, 1.54) is 5.56 Å². The molecule has 0 unspecified atom stereocenters. The molecule has 110 valence electrons. The van der Waals surface area contributed by atoms with Crippen LogP contribution in [0.2, 0.25) is 0 Å². The Labute approximate surface area is 125 Å². The molecule has 0 aromatic heterocycles. The van der Waals surface area contributed by atoms with Gasteiger partial charge >= 0.3 is 0 Å². The zero-order chi connectivity index (χ0) is 15.5. The summed E-state index contributed by atoms with van der Waals surface area (Å²) < 4.78 is 5.71. The van der Waals surface area contributed by atoms with Crippen LogP contribution in [0.3, 0.4) is 0 Å². The van der Waals surface area contributed by atoms with Gasteiger partial charge in [-0.15, -0.1) is 0 Å². The molecule has 0 saturated heterocycles. The van der Waals surface area contributed by atoms with Crippen molar-refractivity contribution in [3.63, 3.8) is 0 Å². The number of nitrogens with two attached hydrogens (primary N) is 1. The third-order valence-electron chi connectivity index (χ3n) is 3.37. The molecule has 0 aliphatic rings. The van der Waals surface area contributed by atoms with E-state index >= 15 is 0 Å². The Kier molecular flexibility index (Phi) is 4.32. The molecule has 0 heterocycles. The van der Waals surface area contributed by atoms with Crippen LogP contribution in [-0.4, -0.2) is 5.91 Å². The molecule has 2 N–H and O–H groups in total. The molecular weight excluding hydrogens is 262 g/mol. The van der Waals surface area contributed by atoms with Crippen LogP contribution < -0.4 is 10.5 Å². The molecule has 21 heavy (non-hydrogen) atoms. The topological polar surface area (TPSA) is 52.3 Å². The van der Waals surface area contributed by atoms with Gasteiger partial charge in [-0.1, -0.05) is 57.2 Å². The molecule has 0 aliphatic heterocycles. The molecule has 0 aliphatic carbocycles. The summed E-state index contributed by atoms with van der Waals surface area (Å²) >= 11 is 0. The molecule has 0 radical (unpaired) electrons. The molecule has 0 bridgehead atoms. The van der Waals surface area contributed by atoms with Gasteiger partial charge in [0.2, 0.25) is 0 Å². The Hall–Kier alpha value is -2.29. The average Bonchev–Trinajstić information content (AvgIpc) is 2.45. The van der Waals surface area contributed by atoms with Gasteiger partial charge in [-0.25, -0.2) is 0 Å². The number of carbonyl (C=O) groups is 1. The first-order chi connectivity index (χ1) is 9.88. The Balaban J connectivity index is 2.09. The van der Waals surface area contributed by atoms with Crippen molar-refractivity contribution in [1.29, 1.82) is 0 Å². The highest BCUT2D eigenvalue weighted by Crippen LogP contribution is 2.23. The number of amides is 1. The van der Waals surface area contributed by atoms with Crippen molar-refractivity contribution in [3.8, 4) is 5.75 Å². The highest BCUT2D eigenvalue weighted by Gasteiger charge is 2.13. The predicted molar refractivity (Wildman–Crippen MR) is 84.4 cm³/mol. The number of primary amides is 1. The van der Waals surface area contributed by atoms with Crippen molar-refractivity contribution in [2.75, 3.05) is 0 Å². The average molecular weight is 283 g/mol. The van der Waals surface area contributed by atoms with Gasteiger partial charge in [0.1, 0.15) is 12.4 Å². The summed E-state index contributed by atoms with van der Waals surface area (Å²) in [4.78, 5) is 11.3. The number of ether oxygens (including phenoxy) is 1. The zero-order valence-electron chi connectivity index (χ0n) is 12.7. The lowest BCUT2D eigenvalue weighted by Gasteiger charge is -2.19. The summed E-state index contributed by atoms with van der Waals surface area (Å²) in [5.74, 6) is 0.0404. The number of para-hydroxylation sites is 1. The van der Waals surface area contributed by atoms with Crippen molar-refractivity contribution in [3.05, 3.63) is 65.2 Å². The fourth-order valence-corrected chi connectivity index (χ4v) is 2.06. The summed E-state index contributed by atoms with van der Waals surface area (Å²) in [5, 5.41) is 0. The van der Waals surface area contributed by atoms with Crippen molar-refractivity contribution in [2.24, 2.45) is 5.73 Å². The van der Waals surface area contributed by atoms with Gasteiger partial charge in [0.05, 0.1) is 5.56 Å². The Morgan fingerprint density at radius 3 is 2.24 bits per heavy atom. The SMILES string of the molecule is CC(C)(C)c1ccc(COc2ccccc2C(N)=O)cc1. The van der Waals surface area contributed by atoms with Gasteiger partial charge < -0.3 is 10.5 Å². The van der Waals surface area contributed by atoms with Crippen LogP contribution in [0.4, 0.5) is 0 Å². The number of benzene rings is 2. The highest BCUT2D eigenvalue weighted by atomic mass is 16.5. The van der Waals surface area contributed by atoms with Crippen LogP contribution >= 0.6 is 0 Å². The van der Waals surface area contributed by atoms with Gasteiger partial charge in [0.25, 0.3) is 5.91 Å². The molecule has 2 aromatic rings. The summed E-state index contributed by atoms with van der Waals surface area (Å²) in [6.07, 6.45) is 0. The number of rotatable bonds is 4. The first-order valence-electron chi connectivity index (χ1n) is 6.99. The predicted octanol–water partition coefficient (Wildman–Crippen LogP) is 3.66. The van der Waals surface area contributed by atoms with Crippen LogP contribution in [0.5, 0.6) is 5.75 Å². The molecule has 3 nitrogen and oxygen atoms in total. The monoisotopic (exact) mass is 283 g/mol. The first-order valence-corrected chi connectivity index (χ1v) is 6.99. The van der Waals surface area contributed by atoms with Gasteiger partial charge in [-0.2, -0.15) is 0 Å². The van der Waals surface area contributed by atoms with E-state index in [-0.39, 0.29) is 5.41 Å². The molecule has 2 rings (SSSR count). The van der Waals surface area contributed by atoms with E-state index in [0.717, 1.165) is 5.56 Å². The quantitative estimate of drug-likeness (QED) is 0.931. The number of hydrogen-bond acceptors (Lipinski definition) is 2. The molecule has 0 fully saturated rings. The maximum absolute atomic E-state index is 11.3. The minimum absolute atomic E-state index is 0.137. The van der Waals surface area contributed by atoms with Crippen molar-refractivity contribution >= 4 is 5.91 Å². The smallest absolute Gasteiger partial charge is 0.252 e.